The molecule has 1 aromatic heterocycles. The molecule has 7 heteroatoms. The van der Waals surface area contributed by atoms with Gasteiger partial charge in [-0.15, -0.1) is 11.3 Å². The van der Waals surface area contributed by atoms with Gasteiger partial charge in [-0.1, -0.05) is 12.1 Å². The number of carbonyl (C=O) groups is 2. The molecule has 1 aliphatic rings. The molecule has 2 atom stereocenters. The average molecular weight is 374 g/mol. The van der Waals surface area contributed by atoms with Crippen LogP contribution in [-0.4, -0.2) is 25.0 Å². The zero-order valence-electron chi connectivity index (χ0n) is 14.8. The van der Waals surface area contributed by atoms with Crippen LogP contribution in [0, 0.1) is 0 Å². The van der Waals surface area contributed by atoms with Crippen molar-refractivity contribution in [2.75, 3.05) is 13.2 Å². The van der Waals surface area contributed by atoms with Crippen molar-refractivity contribution >= 4 is 23.2 Å². The van der Waals surface area contributed by atoms with E-state index in [4.69, 9.17) is 9.47 Å². The SMILES string of the molecule is CC(=O)N[C@@H](CC(=O)N[C@@H](C)c1ccc2c(c1)OCCO2)c1cccs1. The number of amides is 2. The first kappa shape index (κ1) is 18.3. The number of benzene rings is 1. The maximum Gasteiger partial charge on any atom is 0.222 e. The molecule has 0 spiro atoms. The maximum atomic E-state index is 12.5. The van der Waals surface area contributed by atoms with Crippen molar-refractivity contribution in [3.63, 3.8) is 0 Å². The van der Waals surface area contributed by atoms with Gasteiger partial charge in [-0.05, 0) is 36.1 Å². The second-order valence-corrected chi connectivity index (χ2v) is 7.14. The molecule has 0 saturated carbocycles. The highest BCUT2D eigenvalue weighted by Crippen LogP contribution is 2.32. The fraction of sp³-hybridized carbons (Fsp3) is 0.368. The van der Waals surface area contributed by atoms with Crippen molar-refractivity contribution in [3.05, 3.63) is 46.2 Å². The Morgan fingerprint density at radius 1 is 1.15 bits per heavy atom. The average Bonchev–Trinajstić information content (AvgIpc) is 3.15. The Morgan fingerprint density at radius 2 is 1.92 bits per heavy atom. The van der Waals surface area contributed by atoms with Crippen LogP contribution in [-0.2, 0) is 9.59 Å². The molecule has 2 N–H and O–H groups in total. The first-order chi connectivity index (χ1) is 12.5. The summed E-state index contributed by atoms with van der Waals surface area (Å²) in [6.45, 7) is 4.44. The Labute approximate surface area is 156 Å². The van der Waals surface area contributed by atoms with Gasteiger partial charge < -0.3 is 20.1 Å². The maximum absolute atomic E-state index is 12.5. The second-order valence-electron chi connectivity index (χ2n) is 6.16. The first-order valence-electron chi connectivity index (χ1n) is 8.52. The number of rotatable bonds is 6. The Bertz CT molecular complexity index is 776. The molecule has 26 heavy (non-hydrogen) atoms. The molecule has 1 aliphatic heterocycles. The standard InChI is InChI=1S/C19H22N2O4S/c1-12(14-5-6-16-17(10-14)25-8-7-24-16)20-19(23)11-15(21-13(2)22)18-4-3-9-26-18/h3-6,9-10,12,15H,7-8,11H2,1-2H3,(H,20,23)(H,21,22)/t12-,15-/m0/s1. The highest BCUT2D eigenvalue weighted by molar-refractivity contribution is 7.10. The smallest absolute Gasteiger partial charge is 0.222 e. The van der Waals surface area contributed by atoms with Crippen molar-refractivity contribution in [1.29, 1.82) is 0 Å². The molecule has 2 aromatic rings. The van der Waals surface area contributed by atoms with Crippen LogP contribution in [0.5, 0.6) is 11.5 Å². The van der Waals surface area contributed by atoms with Crippen molar-refractivity contribution < 1.29 is 19.1 Å². The fourth-order valence-electron chi connectivity index (χ4n) is 2.86. The number of carbonyl (C=O) groups excluding carboxylic acids is 2. The third-order valence-electron chi connectivity index (χ3n) is 4.10. The summed E-state index contributed by atoms with van der Waals surface area (Å²) in [7, 11) is 0. The molecule has 1 aromatic carbocycles. The number of hydrogen-bond donors (Lipinski definition) is 2. The second kappa shape index (κ2) is 8.23. The van der Waals surface area contributed by atoms with Crippen LogP contribution in [0.3, 0.4) is 0 Å². The van der Waals surface area contributed by atoms with Gasteiger partial charge in [-0.3, -0.25) is 9.59 Å². The lowest BCUT2D eigenvalue weighted by atomic mass is 10.1. The molecule has 0 bridgehead atoms. The number of thiophene rings is 1. The van der Waals surface area contributed by atoms with E-state index >= 15 is 0 Å². The molecule has 0 radical (unpaired) electrons. The van der Waals surface area contributed by atoms with Gasteiger partial charge in [-0.25, -0.2) is 0 Å². The molecule has 138 valence electrons. The Morgan fingerprint density at radius 3 is 2.62 bits per heavy atom. The number of nitrogens with one attached hydrogen (secondary N) is 2. The molecule has 2 heterocycles. The monoisotopic (exact) mass is 374 g/mol. The summed E-state index contributed by atoms with van der Waals surface area (Å²) in [6.07, 6.45) is 0.189. The van der Waals surface area contributed by atoms with Gasteiger partial charge in [0.25, 0.3) is 0 Å². The van der Waals surface area contributed by atoms with Crippen LogP contribution in [0.1, 0.15) is 42.8 Å². The van der Waals surface area contributed by atoms with Crippen molar-refractivity contribution in [3.8, 4) is 11.5 Å². The highest BCUT2D eigenvalue weighted by atomic mass is 32.1. The number of hydrogen-bond acceptors (Lipinski definition) is 5. The zero-order valence-corrected chi connectivity index (χ0v) is 15.6. The van der Waals surface area contributed by atoms with Crippen molar-refractivity contribution in [1.82, 2.24) is 10.6 Å². The van der Waals surface area contributed by atoms with E-state index in [1.54, 1.807) is 0 Å². The van der Waals surface area contributed by atoms with Gasteiger partial charge in [0, 0.05) is 11.8 Å². The third-order valence-corrected chi connectivity index (χ3v) is 5.08. The fourth-order valence-corrected chi connectivity index (χ4v) is 3.63. The molecule has 3 rings (SSSR count). The third kappa shape index (κ3) is 4.54. The Hall–Kier alpha value is -2.54. The van der Waals surface area contributed by atoms with Crippen LogP contribution < -0.4 is 20.1 Å². The summed E-state index contributed by atoms with van der Waals surface area (Å²) < 4.78 is 11.1. The van der Waals surface area contributed by atoms with Crippen molar-refractivity contribution in [2.45, 2.75) is 32.4 Å². The van der Waals surface area contributed by atoms with Gasteiger partial charge in [-0.2, -0.15) is 0 Å². The molecule has 0 saturated heterocycles. The summed E-state index contributed by atoms with van der Waals surface area (Å²) >= 11 is 1.52. The molecule has 0 aliphatic carbocycles. The number of ether oxygens (including phenoxy) is 2. The van der Waals surface area contributed by atoms with Crippen LogP contribution in [0.4, 0.5) is 0 Å². The topological polar surface area (TPSA) is 76.7 Å². The quantitative estimate of drug-likeness (QED) is 0.815. The summed E-state index contributed by atoms with van der Waals surface area (Å²) in [5, 5.41) is 7.76. The van der Waals surface area contributed by atoms with E-state index < -0.39 is 0 Å². The molecule has 6 nitrogen and oxygen atoms in total. The van der Waals surface area contributed by atoms with Gasteiger partial charge >= 0.3 is 0 Å². The minimum atomic E-state index is -0.319. The van der Waals surface area contributed by atoms with Gasteiger partial charge in [0.15, 0.2) is 11.5 Å². The van der Waals surface area contributed by atoms with E-state index in [0.717, 1.165) is 16.2 Å². The van der Waals surface area contributed by atoms with E-state index in [0.29, 0.717) is 19.0 Å². The van der Waals surface area contributed by atoms with E-state index in [-0.39, 0.29) is 30.3 Å². The molecule has 0 fully saturated rings. The first-order valence-corrected chi connectivity index (χ1v) is 9.40. The van der Waals surface area contributed by atoms with Crippen LogP contribution >= 0.6 is 11.3 Å². The highest BCUT2D eigenvalue weighted by Gasteiger charge is 2.20. The molecular formula is C19H22N2O4S. The minimum absolute atomic E-state index is 0.125. The molecule has 2 amide bonds. The number of fused-ring (bicyclic) bond motifs is 1. The van der Waals surface area contributed by atoms with Crippen LogP contribution in [0.15, 0.2) is 35.7 Å². The minimum Gasteiger partial charge on any atom is -0.486 e. The van der Waals surface area contributed by atoms with Gasteiger partial charge in [0.1, 0.15) is 13.2 Å². The predicted molar refractivity (Wildman–Crippen MR) is 99.5 cm³/mol. The van der Waals surface area contributed by atoms with Gasteiger partial charge in [0.05, 0.1) is 18.5 Å². The lowest BCUT2D eigenvalue weighted by Gasteiger charge is -2.22. The molecule has 0 unspecified atom stereocenters. The predicted octanol–water partition coefficient (Wildman–Crippen LogP) is 2.96. The Kier molecular flexibility index (Phi) is 5.78. The van der Waals surface area contributed by atoms with E-state index in [1.165, 1.54) is 18.3 Å². The van der Waals surface area contributed by atoms with Crippen LogP contribution in [0.25, 0.3) is 0 Å². The summed E-state index contributed by atoms with van der Waals surface area (Å²) in [5.41, 5.74) is 0.940. The Balaban J connectivity index is 1.63. The largest absolute Gasteiger partial charge is 0.486 e. The van der Waals surface area contributed by atoms with Crippen molar-refractivity contribution in [2.24, 2.45) is 0 Å². The lowest BCUT2D eigenvalue weighted by molar-refractivity contribution is -0.123. The lowest BCUT2D eigenvalue weighted by Crippen LogP contribution is -2.33. The van der Waals surface area contributed by atoms with E-state index in [1.807, 2.05) is 42.6 Å². The zero-order chi connectivity index (χ0) is 18.5. The van der Waals surface area contributed by atoms with E-state index in [9.17, 15) is 9.59 Å². The van der Waals surface area contributed by atoms with Gasteiger partial charge in [0.2, 0.25) is 11.8 Å². The molecular weight excluding hydrogens is 352 g/mol. The summed E-state index contributed by atoms with van der Waals surface area (Å²) in [5.74, 6) is 1.14. The summed E-state index contributed by atoms with van der Waals surface area (Å²) in [6, 6.07) is 9.00. The van der Waals surface area contributed by atoms with Crippen LogP contribution in [0.2, 0.25) is 0 Å². The van der Waals surface area contributed by atoms with E-state index in [2.05, 4.69) is 10.6 Å². The normalized spacial score (nSPS) is 15.0. The summed E-state index contributed by atoms with van der Waals surface area (Å²) in [4.78, 5) is 24.9.